The molecule has 0 aliphatic carbocycles. The van der Waals surface area contributed by atoms with E-state index in [2.05, 4.69) is 57.1 Å². The third-order valence-corrected chi connectivity index (χ3v) is 5.44. The lowest BCUT2D eigenvalue weighted by Gasteiger charge is -2.21. The molecular formula is C25H33N3O3. The lowest BCUT2D eigenvalue weighted by molar-refractivity contribution is -0.0153. The van der Waals surface area contributed by atoms with E-state index in [1.54, 1.807) is 0 Å². The second-order valence-corrected chi connectivity index (χ2v) is 9.09. The van der Waals surface area contributed by atoms with Gasteiger partial charge in [0.2, 0.25) is 0 Å². The van der Waals surface area contributed by atoms with Gasteiger partial charge in [0.1, 0.15) is 11.8 Å². The first-order chi connectivity index (χ1) is 14.7. The Morgan fingerprint density at radius 2 is 1.77 bits per heavy atom. The molecule has 6 nitrogen and oxygen atoms in total. The van der Waals surface area contributed by atoms with Gasteiger partial charge >= 0.3 is 0 Å². The van der Waals surface area contributed by atoms with Gasteiger partial charge in [-0.05, 0) is 87.9 Å². The highest BCUT2D eigenvalue weighted by molar-refractivity contribution is 5.88. The SMILES string of the molecule is Cc1cc(COCCCn2nnc3c(C)c(C=O)ccc32)cc(C)c1COC(C)(C)C. The Kier molecular flexibility index (Phi) is 7.23. The zero-order valence-corrected chi connectivity index (χ0v) is 19.5. The highest BCUT2D eigenvalue weighted by atomic mass is 16.5. The van der Waals surface area contributed by atoms with Crippen LogP contribution in [0.25, 0.3) is 11.0 Å². The number of hydrogen-bond acceptors (Lipinski definition) is 5. The zero-order valence-electron chi connectivity index (χ0n) is 19.5. The van der Waals surface area contributed by atoms with Gasteiger partial charge in [0.05, 0.1) is 24.3 Å². The summed E-state index contributed by atoms with van der Waals surface area (Å²) >= 11 is 0. The van der Waals surface area contributed by atoms with Crippen LogP contribution in [0, 0.1) is 20.8 Å². The molecule has 1 aromatic heterocycles. The Balaban J connectivity index is 1.52. The second kappa shape index (κ2) is 9.71. The Labute approximate surface area is 184 Å². The third-order valence-electron chi connectivity index (χ3n) is 5.44. The van der Waals surface area contributed by atoms with E-state index in [1.165, 1.54) is 22.3 Å². The number of aromatic nitrogens is 3. The summed E-state index contributed by atoms with van der Waals surface area (Å²) in [5.74, 6) is 0. The number of aldehydes is 1. The summed E-state index contributed by atoms with van der Waals surface area (Å²) in [6, 6.07) is 8.10. The number of carbonyl (C=O) groups excluding carboxylic acids is 1. The van der Waals surface area contributed by atoms with Crippen molar-refractivity contribution in [2.75, 3.05) is 6.61 Å². The number of rotatable bonds is 9. The molecule has 0 radical (unpaired) electrons. The maximum atomic E-state index is 11.1. The van der Waals surface area contributed by atoms with Crippen LogP contribution in [0.5, 0.6) is 0 Å². The molecule has 0 amide bonds. The second-order valence-electron chi connectivity index (χ2n) is 9.09. The van der Waals surface area contributed by atoms with Crippen molar-refractivity contribution in [1.82, 2.24) is 15.0 Å². The average Bonchev–Trinajstić information content (AvgIpc) is 3.10. The molecule has 0 fully saturated rings. The van der Waals surface area contributed by atoms with Crippen molar-refractivity contribution in [1.29, 1.82) is 0 Å². The zero-order chi connectivity index (χ0) is 22.6. The molecule has 0 N–H and O–H groups in total. The molecule has 2 aromatic carbocycles. The number of aryl methyl sites for hydroxylation is 4. The summed E-state index contributed by atoms with van der Waals surface area (Å²) in [4.78, 5) is 11.1. The van der Waals surface area contributed by atoms with Crippen molar-refractivity contribution in [3.63, 3.8) is 0 Å². The van der Waals surface area contributed by atoms with Crippen LogP contribution in [0.4, 0.5) is 0 Å². The molecule has 3 rings (SSSR count). The highest BCUT2D eigenvalue weighted by Gasteiger charge is 2.13. The van der Waals surface area contributed by atoms with Crippen LogP contribution in [-0.4, -0.2) is 33.5 Å². The summed E-state index contributed by atoms with van der Waals surface area (Å²) in [6.07, 6.45) is 1.69. The summed E-state index contributed by atoms with van der Waals surface area (Å²) in [6.45, 7) is 15.0. The Bertz CT molecular complexity index is 1040. The lowest BCUT2D eigenvalue weighted by atomic mass is 10.00. The van der Waals surface area contributed by atoms with E-state index in [-0.39, 0.29) is 5.60 Å². The lowest BCUT2D eigenvalue weighted by Crippen LogP contribution is -2.19. The first-order valence-corrected chi connectivity index (χ1v) is 10.8. The molecule has 6 heteroatoms. The fourth-order valence-electron chi connectivity index (χ4n) is 3.66. The maximum absolute atomic E-state index is 11.1. The van der Waals surface area contributed by atoms with Gasteiger partial charge in [0.25, 0.3) is 0 Å². The molecule has 1 heterocycles. The van der Waals surface area contributed by atoms with Gasteiger partial charge in [0.15, 0.2) is 0 Å². The fraction of sp³-hybridized carbons (Fsp3) is 0.480. The molecule has 0 saturated heterocycles. The largest absolute Gasteiger partial charge is 0.377 e. The maximum Gasteiger partial charge on any atom is 0.150 e. The van der Waals surface area contributed by atoms with Crippen LogP contribution in [0.1, 0.15) is 65.4 Å². The minimum Gasteiger partial charge on any atom is -0.377 e. The summed E-state index contributed by atoms with van der Waals surface area (Å²) < 4.78 is 13.7. The van der Waals surface area contributed by atoms with Crippen LogP contribution in [0.3, 0.4) is 0 Å². The minimum atomic E-state index is -0.147. The minimum absolute atomic E-state index is 0.147. The summed E-state index contributed by atoms with van der Waals surface area (Å²) in [5, 5.41) is 8.47. The number of fused-ring (bicyclic) bond motifs is 1. The van der Waals surface area contributed by atoms with Gasteiger partial charge in [-0.15, -0.1) is 5.10 Å². The van der Waals surface area contributed by atoms with E-state index in [4.69, 9.17) is 9.47 Å². The third kappa shape index (κ3) is 5.77. The van der Waals surface area contributed by atoms with Crippen LogP contribution in [0.2, 0.25) is 0 Å². The summed E-state index contributed by atoms with van der Waals surface area (Å²) in [5.41, 5.74) is 8.02. The monoisotopic (exact) mass is 423 g/mol. The Morgan fingerprint density at radius 3 is 2.42 bits per heavy atom. The van der Waals surface area contributed by atoms with Crippen molar-refractivity contribution in [3.05, 3.63) is 57.6 Å². The predicted octanol–water partition coefficient (Wildman–Crippen LogP) is 5.09. The number of benzene rings is 2. The van der Waals surface area contributed by atoms with Crippen molar-refractivity contribution >= 4 is 17.3 Å². The molecule has 0 bridgehead atoms. The molecule has 31 heavy (non-hydrogen) atoms. The van der Waals surface area contributed by atoms with Gasteiger partial charge in [-0.2, -0.15) is 0 Å². The topological polar surface area (TPSA) is 66.2 Å². The van der Waals surface area contributed by atoms with Crippen LogP contribution in [0.15, 0.2) is 24.3 Å². The molecule has 0 unspecified atom stereocenters. The van der Waals surface area contributed by atoms with Crippen molar-refractivity contribution in [3.8, 4) is 0 Å². The fourth-order valence-corrected chi connectivity index (χ4v) is 3.66. The molecule has 166 valence electrons. The van der Waals surface area contributed by atoms with Gasteiger partial charge in [-0.3, -0.25) is 4.79 Å². The summed E-state index contributed by atoms with van der Waals surface area (Å²) in [7, 11) is 0. The van der Waals surface area contributed by atoms with E-state index < -0.39 is 0 Å². The standard InChI is InChI=1S/C25H33N3O3/c1-17-12-20(13-18(2)22(17)16-31-25(4,5)6)15-30-11-7-10-28-23-9-8-21(14-29)19(3)24(23)26-27-28/h8-9,12-14H,7,10-11,15-16H2,1-6H3. The van der Waals surface area contributed by atoms with Crippen molar-refractivity contribution < 1.29 is 14.3 Å². The van der Waals surface area contributed by atoms with E-state index in [9.17, 15) is 4.79 Å². The Hall–Kier alpha value is -2.57. The highest BCUT2D eigenvalue weighted by Crippen LogP contribution is 2.21. The molecular weight excluding hydrogens is 390 g/mol. The first kappa shape index (κ1) is 23.1. The van der Waals surface area contributed by atoms with E-state index in [0.29, 0.717) is 25.4 Å². The van der Waals surface area contributed by atoms with E-state index in [0.717, 1.165) is 35.8 Å². The smallest absolute Gasteiger partial charge is 0.150 e. The average molecular weight is 424 g/mol. The van der Waals surface area contributed by atoms with Gasteiger partial charge in [0, 0.05) is 18.7 Å². The van der Waals surface area contributed by atoms with Crippen LogP contribution >= 0.6 is 0 Å². The van der Waals surface area contributed by atoms with E-state index in [1.807, 2.05) is 23.7 Å². The normalized spacial score (nSPS) is 11.9. The van der Waals surface area contributed by atoms with Gasteiger partial charge in [-0.25, -0.2) is 4.68 Å². The Morgan fingerprint density at radius 1 is 1.06 bits per heavy atom. The van der Waals surface area contributed by atoms with Crippen LogP contribution in [-0.2, 0) is 29.2 Å². The number of hydrogen-bond donors (Lipinski definition) is 0. The number of ether oxygens (including phenoxy) is 2. The molecule has 0 saturated carbocycles. The molecule has 0 aliphatic heterocycles. The van der Waals surface area contributed by atoms with E-state index >= 15 is 0 Å². The van der Waals surface area contributed by atoms with Gasteiger partial charge in [-0.1, -0.05) is 17.3 Å². The quantitative estimate of drug-likeness (QED) is 0.354. The number of carbonyl (C=O) groups is 1. The predicted molar refractivity (Wildman–Crippen MR) is 122 cm³/mol. The number of nitrogens with zero attached hydrogens (tertiary/aromatic N) is 3. The van der Waals surface area contributed by atoms with Crippen molar-refractivity contribution in [2.45, 2.75) is 73.3 Å². The molecule has 3 aromatic rings. The van der Waals surface area contributed by atoms with Crippen LogP contribution < -0.4 is 0 Å². The first-order valence-electron chi connectivity index (χ1n) is 10.8. The molecule has 0 spiro atoms. The molecule has 0 aliphatic rings. The van der Waals surface area contributed by atoms with Gasteiger partial charge < -0.3 is 9.47 Å². The molecule has 0 atom stereocenters. The van der Waals surface area contributed by atoms with Crippen molar-refractivity contribution in [2.24, 2.45) is 0 Å².